The van der Waals surface area contributed by atoms with Crippen molar-refractivity contribution in [2.24, 2.45) is 0 Å². The van der Waals surface area contributed by atoms with E-state index >= 15 is 0 Å². The van der Waals surface area contributed by atoms with E-state index in [-0.39, 0.29) is 12.5 Å². The number of aromatic nitrogens is 1. The SMILES string of the molecule is Cc1ccc(C(=O)NCc2ccon2)c(C#CCCO)c1. The second-order valence-electron chi connectivity index (χ2n) is 4.50. The fourth-order valence-corrected chi connectivity index (χ4v) is 1.77. The number of aryl methyl sites for hydroxylation is 1. The summed E-state index contributed by atoms with van der Waals surface area (Å²) in [6.07, 6.45) is 1.84. The lowest BCUT2D eigenvalue weighted by Gasteiger charge is -2.06. The van der Waals surface area contributed by atoms with Crippen molar-refractivity contribution in [2.75, 3.05) is 6.61 Å². The Balaban J connectivity index is 2.14. The Kier molecular flexibility index (Phi) is 5.13. The first-order chi connectivity index (χ1) is 10.2. The molecule has 1 heterocycles. The molecule has 108 valence electrons. The lowest BCUT2D eigenvalue weighted by molar-refractivity contribution is 0.0950. The predicted molar refractivity (Wildman–Crippen MR) is 77.4 cm³/mol. The van der Waals surface area contributed by atoms with Gasteiger partial charge in [-0.3, -0.25) is 4.79 Å². The van der Waals surface area contributed by atoms with Crippen molar-refractivity contribution in [1.82, 2.24) is 10.5 Å². The number of carbonyl (C=O) groups excluding carboxylic acids is 1. The van der Waals surface area contributed by atoms with Crippen LogP contribution in [0.4, 0.5) is 0 Å². The number of nitrogens with zero attached hydrogens (tertiary/aromatic N) is 1. The van der Waals surface area contributed by atoms with E-state index in [0.29, 0.717) is 29.8 Å². The van der Waals surface area contributed by atoms with Crippen LogP contribution < -0.4 is 5.32 Å². The van der Waals surface area contributed by atoms with Gasteiger partial charge in [0.05, 0.1) is 18.7 Å². The molecule has 0 bridgehead atoms. The van der Waals surface area contributed by atoms with Gasteiger partial charge in [0.2, 0.25) is 0 Å². The molecule has 1 amide bonds. The molecule has 1 aromatic carbocycles. The van der Waals surface area contributed by atoms with E-state index in [1.807, 2.05) is 19.1 Å². The van der Waals surface area contributed by atoms with Crippen LogP contribution in [-0.2, 0) is 6.54 Å². The van der Waals surface area contributed by atoms with Crippen molar-refractivity contribution in [3.63, 3.8) is 0 Å². The lowest BCUT2D eigenvalue weighted by atomic mass is 10.0. The first kappa shape index (κ1) is 14.8. The average molecular weight is 284 g/mol. The molecular weight excluding hydrogens is 268 g/mol. The van der Waals surface area contributed by atoms with E-state index in [9.17, 15) is 4.79 Å². The number of rotatable bonds is 4. The molecule has 0 spiro atoms. The Morgan fingerprint density at radius 3 is 3.00 bits per heavy atom. The molecule has 0 aliphatic rings. The highest BCUT2D eigenvalue weighted by Gasteiger charge is 2.10. The summed E-state index contributed by atoms with van der Waals surface area (Å²) in [4.78, 5) is 12.2. The largest absolute Gasteiger partial charge is 0.395 e. The van der Waals surface area contributed by atoms with Gasteiger partial charge in [0.25, 0.3) is 5.91 Å². The van der Waals surface area contributed by atoms with Crippen molar-refractivity contribution in [2.45, 2.75) is 19.9 Å². The van der Waals surface area contributed by atoms with E-state index < -0.39 is 0 Å². The molecule has 2 rings (SSSR count). The van der Waals surface area contributed by atoms with Crippen LogP contribution in [0.3, 0.4) is 0 Å². The highest BCUT2D eigenvalue weighted by Crippen LogP contribution is 2.11. The Morgan fingerprint density at radius 2 is 2.29 bits per heavy atom. The highest BCUT2D eigenvalue weighted by atomic mass is 16.5. The molecule has 0 saturated carbocycles. The number of benzene rings is 1. The first-order valence-electron chi connectivity index (χ1n) is 6.58. The molecule has 0 radical (unpaired) electrons. The van der Waals surface area contributed by atoms with E-state index in [2.05, 4.69) is 22.3 Å². The highest BCUT2D eigenvalue weighted by molar-refractivity contribution is 5.96. The third kappa shape index (κ3) is 4.20. The molecule has 0 atom stereocenters. The Bertz CT molecular complexity index is 667. The smallest absolute Gasteiger partial charge is 0.252 e. The minimum Gasteiger partial charge on any atom is -0.395 e. The molecular formula is C16H16N2O3. The Morgan fingerprint density at radius 1 is 1.43 bits per heavy atom. The summed E-state index contributed by atoms with van der Waals surface area (Å²) in [5.74, 6) is 5.54. The normalized spacial score (nSPS) is 9.81. The van der Waals surface area contributed by atoms with Gasteiger partial charge in [-0.15, -0.1) is 0 Å². The number of aliphatic hydroxyl groups is 1. The molecule has 0 fully saturated rings. The molecule has 5 heteroatoms. The van der Waals surface area contributed by atoms with Gasteiger partial charge < -0.3 is 14.9 Å². The van der Waals surface area contributed by atoms with Crippen LogP contribution in [0, 0.1) is 18.8 Å². The van der Waals surface area contributed by atoms with Crippen molar-refractivity contribution in [3.8, 4) is 11.8 Å². The van der Waals surface area contributed by atoms with Crippen LogP contribution >= 0.6 is 0 Å². The molecule has 5 nitrogen and oxygen atoms in total. The number of amides is 1. The van der Waals surface area contributed by atoms with Gasteiger partial charge in [0.1, 0.15) is 12.0 Å². The number of carbonyl (C=O) groups is 1. The molecule has 1 aromatic heterocycles. The molecule has 2 N–H and O–H groups in total. The molecule has 0 saturated heterocycles. The average Bonchev–Trinajstić information content (AvgIpc) is 2.98. The van der Waals surface area contributed by atoms with Gasteiger partial charge in [0, 0.05) is 18.1 Å². The van der Waals surface area contributed by atoms with Crippen LogP contribution in [0.2, 0.25) is 0 Å². The fourth-order valence-electron chi connectivity index (χ4n) is 1.77. The first-order valence-corrected chi connectivity index (χ1v) is 6.58. The van der Waals surface area contributed by atoms with Crippen LogP contribution in [-0.4, -0.2) is 22.8 Å². The standard InChI is InChI=1S/C16H16N2O3/c1-12-5-6-15(13(10-12)4-2-3-8-19)16(20)17-11-14-7-9-21-18-14/h5-7,9-10,19H,3,8,11H2,1H3,(H,17,20). The molecule has 2 aromatic rings. The summed E-state index contributed by atoms with van der Waals surface area (Å²) in [6, 6.07) is 7.16. The van der Waals surface area contributed by atoms with E-state index in [0.717, 1.165) is 5.56 Å². The van der Waals surface area contributed by atoms with Crippen molar-refractivity contribution in [3.05, 3.63) is 52.9 Å². The maximum absolute atomic E-state index is 12.2. The van der Waals surface area contributed by atoms with Gasteiger partial charge in [-0.25, -0.2) is 0 Å². The van der Waals surface area contributed by atoms with Crippen LogP contribution in [0.1, 0.15) is 33.6 Å². The second-order valence-corrected chi connectivity index (χ2v) is 4.50. The van der Waals surface area contributed by atoms with Crippen molar-refractivity contribution in [1.29, 1.82) is 0 Å². The maximum Gasteiger partial charge on any atom is 0.252 e. The predicted octanol–water partition coefficient (Wildman–Crippen LogP) is 1.65. The minimum absolute atomic E-state index is 0.00645. The molecule has 0 aliphatic heterocycles. The molecule has 21 heavy (non-hydrogen) atoms. The van der Waals surface area contributed by atoms with Crippen LogP contribution in [0.5, 0.6) is 0 Å². The molecule has 0 aliphatic carbocycles. The second kappa shape index (κ2) is 7.27. The Hall–Kier alpha value is -2.58. The lowest BCUT2D eigenvalue weighted by Crippen LogP contribution is -2.23. The fraction of sp³-hybridized carbons (Fsp3) is 0.250. The topological polar surface area (TPSA) is 75.4 Å². The van der Waals surface area contributed by atoms with Gasteiger partial charge in [-0.05, 0) is 24.6 Å². The summed E-state index contributed by atoms with van der Waals surface area (Å²) in [6.45, 7) is 2.24. The van der Waals surface area contributed by atoms with Gasteiger partial charge in [-0.2, -0.15) is 0 Å². The van der Waals surface area contributed by atoms with Gasteiger partial charge in [0.15, 0.2) is 0 Å². The van der Waals surface area contributed by atoms with E-state index in [1.54, 1.807) is 12.1 Å². The number of nitrogens with one attached hydrogen (secondary N) is 1. The zero-order valence-corrected chi connectivity index (χ0v) is 11.7. The zero-order chi connectivity index (χ0) is 15.1. The minimum atomic E-state index is -0.216. The number of aliphatic hydroxyl groups excluding tert-OH is 1. The summed E-state index contributed by atoms with van der Waals surface area (Å²) >= 11 is 0. The summed E-state index contributed by atoms with van der Waals surface area (Å²) in [5, 5.41) is 15.3. The van der Waals surface area contributed by atoms with Gasteiger partial charge >= 0.3 is 0 Å². The summed E-state index contributed by atoms with van der Waals surface area (Å²) in [7, 11) is 0. The third-order valence-corrected chi connectivity index (χ3v) is 2.80. The third-order valence-electron chi connectivity index (χ3n) is 2.80. The van der Waals surface area contributed by atoms with Crippen molar-refractivity contribution >= 4 is 5.91 Å². The summed E-state index contributed by atoms with van der Waals surface area (Å²) in [5.41, 5.74) is 2.84. The molecule has 0 unspecified atom stereocenters. The van der Waals surface area contributed by atoms with Crippen molar-refractivity contribution < 1.29 is 14.4 Å². The summed E-state index contributed by atoms with van der Waals surface area (Å²) < 4.78 is 4.71. The number of hydrogen-bond acceptors (Lipinski definition) is 4. The van der Waals surface area contributed by atoms with Crippen LogP contribution in [0.25, 0.3) is 0 Å². The van der Waals surface area contributed by atoms with Crippen LogP contribution in [0.15, 0.2) is 35.1 Å². The van der Waals surface area contributed by atoms with E-state index in [1.165, 1.54) is 6.26 Å². The number of hydrogen-bond donors (Lipinski definition) is 2. The van der Waals surface area contributed by atoms with E-state index in [4.69, 9.17) is 9.63 Å². The zero-order valence-electron chi connectivity index (χ0n) is 11.7. The monoisotopic (exact) mass is 284 g/mol. The maximum atomic E-state index is 12.2. The van der Waals surface area contributed by atoms with Gasteiger partial charge in [-0.1, -0.05) is 23.1 Å². The Labute approximate surface area is 123 Å². The quantitative estimate of drug-likeness (QED) is 0.837.